The Hall–Kier alpha value is -1.85. The number of aromatic nitrogens is 2. The fourth-order valence-electron chi connectivity index (χ4n) is 2.71. The number of hydrogen-bond acceptors (Lipinski definition) is 7. The molecule has 0 aliphatic heterocycles. The van der Waals surface area contributed by atoms with Gasteiger partial charge >= 0.3 is 0 Å². The second kappa shape index (κ2) is 10.8. The molecule has 2 rings (SSSR count). The maximum Gasteiger partial charge on any atom is 0.213 e. The lowest BCUT2D eigenvalue weighted by atomic mass is 10.0. The van der Waals surface area contributed by atoms with E-state index in [1.807, 2.05) is 0 Å². The van der Waals surface area contributed by atoms with Crippen LogP contribution in [0.5, 0.6) is 0 Å². The molecule has 1 aromatic carbocycles. The predicted octanol–water partition coefficient (Wildman–Crippen LogP) is 3.39. The van der Waals surface area contributed by atoms with Gasteiger partial charge in [-0.25, -0.2) is 21.7 Å². The first-order valence-corrected chi connectivity index (χ1v) is 11.5. The average molecular weight is 491 g/mol. The van der Waals surface area contributed by atoms with Crippen LogP contribution >= 0.6 is 15.9 Å². The third-order valence-corrected chi connectivity index (χ3v) is 6.95. The Morgan fingerprint density at radius 1 is 1.24 bits per heavy atom. The van der Waals surface area contributed by atoms with Gasteiger partial charge in [-0.3, -0.25) is 0 Å². The van der Waals surface area contributed by atoms with E-state index < -0.39 is 10.0 Å². The monoisotopic (exact) mass is 490 g/mol. The molecule has 0 saturated carbocycles. The highest BCUT2D eigenvalue weighted by molar-refractivity contribution is 9.10. The van der Waals surface area contributed by atoms with Crippen LogP contribution in [0.2, 0.25) is 0 Å². The van der Waals surface area contributed by atoms with Crippen molar-refractivity contribution in [2.24, 2.45) is 5.16 Å². The number of sulfonamides is 1. The van der Waals surface area contributed by atoms with Crippen LogP contribution in [0.3, 0.4) is 0 Å². The van der Waals surface area contributed by atoms with Crippen LogP contribution in [0.25, 0.3) is 0 Å². The second-order valence-corrected chi connectivity index (χ2v) is 9.95. The van der Waals surface area contributed by atoms with E-state index in [1.54, 1.807) is 12.1 Å². The van der Waals surface area contributed by atoms with E-state index in [2.05, 4.69) is 31.4 Å². The summed E-state index contributed by atoms with van der Waals surface area (Å²) in [6, 6.07) is 4.53. The van der Waals surface area contributed by atoms with E-state index in [9.17, 15) is 18.0 Å². The zero-order valence-electron chi connectivity index (χ0n) is 16.3. The van der Waals surface area contributed by atoms with E-state index in [-0.39, 0.29) is 23.7 Å². The fourth-order valence-corrected chi connectivity index (χ4v) is 4.07. The first-order chi connectivity index (χ1) is 13.7. The third-order valence-electron chi connectivity index (χ3n) is 4.43. The number of unbranched alkanes of at least 4 members (excludes halogenated alkanes) is 3. The number of halogens is 2. The normalized spacial score (nSPS) is 12.7. The molecule has 0 radical (unpaired) electrons. The molecule has 8 nitrogen and oxygen atoms in total. The van der Waals surface area contributed by atoms with Crippen molar-refractivity contribution in [1.29, 1.82) is 0 Å². The Bertz CT molecular complexity index is 947. The molecule has 160 valence electrons. The van der Waals surface area contributed by atoms with E-state index in [4.69, 9.17) is 4.63 Å². The van der Waals surface area contributed by atoms with Crippen molar-refractivity contribution < 1.29 is 22.6 Å². The van der Waals surface area contributed by atoms with Gasteiger partial charge < -0.3 is 5.21 Å². The molecular weight excluding hydrogens is 467 g/mol. The molecule has 29 heavy (non-hydrogen) atoms. The average Bonchev–Trinajstić information content (AvgIpc) is 3.13. The standard InChI is InChI=1S/C18H24BrFN4O4S/c1-24(2)29(26,27)10-6-4-3-5-7-16-18(23-28-22-16)17(21-25)12-13-8-9-15(20)14(19)11-13/h8-9,11,25H,3-7,10,12H2,1-2H3/b21-17+. The molecule has 1 N–H and O–H groups in total. The van der Waals surface area contributed by atoms with Crippen molar-refractivity contribution in [3.05, 3.63) is 45.4 Å². The van der Waals surface area contributed by atoms with Crippen LogP contribution in [0.4, 0.5) is 4.39 Å². The lowest BCUT2D eigenvalue weighted by molar-refractivity contribution is 0.300. The summed E-state index contributed by atoms with van der Waals surface area (Å²) >= 11 is 3.13. The summed E-state index contributed by atoms with van der Waals surface area (Å²) in [5, 5.41) is 20.4. The van der Waals surface area contributed by atoms with Gasteiger partial charge in [0.15, 0.2) is 5.69 Å². The molecule has 0 amide bonds. The van der Waals surface area contributed by atoms with Crippen molar-refractivity contribution in [2.45, 2.75) is 38.5 Å². The summed E-state index contributed by atoms with van der Waals surface area (Å²) in [4.78, 5) is 0. The fraction of sp³-hybridized carbons (Fsp3) is 0.500. The summed E-state index contributed by atoms with van der Waals surface area (Å²) in [6.07, 6.45) is 3.76. The van der Waals surface area contributed by atoms with Crippen molar-refractivity contribution in [3.8, 4) is 0 Å². The maximum absolute atomic E-state index is 13.4. The molecule has 0 saturated heterocycles. The lowest BCUT2D eigenvalue weighted by Gasteiger charge is -2.10. The molecule has 0 bridgehead atoms. The maximum atomic E-state index is 13.4. The summed E-state index contributed by atoms with van der Waals surface area (Å²) in [5.41, 5.74) is 1.95. The number of oxime groups is 1. The zero-order chi connectivity index (χ0) is 21.4. The smallest absolute Gasteiger partial charge is 0.213 e. The molecule has 0 fully saturated rings. The lowest BCUT2D eigenvalue weighted by Crippen LogP contribution is -2.24. The molecule has 2 aromatic rings. The summed E-state index contributed by atoms with van der Waals surface area (Å²) in [7, 11) is -0.106. The van der Waals surface area contributed by atoms with E-state index >= 15 is 0 Å². The van der Waals surface area contributed by atoms with Crippen LogP contribution in [0.1, 0.15) is 42.6 Å². The number of aryl methyl sites for hydroxylation is 1. The number of benzene rings is 1. The molecule has 11 heteroatoms. The Morgan fingerprint density at radius 2 is 1.97 bits per heavy atom. The number of rotatable bonds is 11. The number of nitrogens with zero attached hydrogens (tertiary/aromatic N) is 4. The minimum Gasteiger partial charge on any atom is -0.411 e. The van der Waals surface area contributed by atoms with E-state index in [0.29, 0.717) is 28.7 Å². The van der Waals surface area contributed by atoms with Crippen molar-refractivity contribution in [2.75, 3.05) is 19.8 Å². The van der Waals surface area contributed by atoms with Gasteiger partial charge in [0.1, 0.15) is 17.2 Å². The summed E-state index contributed by atoms with van der Waals surface area (Å²) < 4.78 is 43.2. The molecule has 1 aromatic heterocycles. The van der Waals surface area contributed by atoms with Gasteiger partial charge in [-0.05, 0) is 58.0 Å². The van der Waals surface area contributed by atoms with Crippen LogP contribution < -0.4 is 0 Å². The summed E-state index contributed by atoms with van der Waals surface area (Å²) in [6.45, 7) is 0. The Kier molecular flexibility index (Phi) is 8.72. The largest absolute Gasteiger partial charge is 0.411 e. The van der Waals surface area contributed by atoms with E-state index in [1.165, 1.54) is 24.5 Å². The van der Waals surface area contributed by atoms with Crippen molar-refractivity contribution >= 4 is 31.7 Å². The first-order valence-electron chi connectivity index (χ1n) is 9.11. The van der Waals surface area contributed by atoms with Crippen LogP contribution in [0.15, 0.2) is 32.5 Å². The highest BCUT2D eigenvalue weighted by atomic mass is 79.9. The Morgan fingerprint density at radius 3 is 2.62 bits per heavy atom. The highest BCUT2D eigenvalue weighted by Crippen LogP contribution is 2.19. The van der Waals surface area contributed by atoms with Crippen LogP contribution in [-0.4, -0.2) is 53.8 Å². The SMILES string of the molecule is CN(C)S(=O)(=O)CCCCCCc1nonc1/C(Cc1ccc(F)c(Br)c1)=N/O. The third kappa shape index (κ3) is 6.86. The molecule has 0 unspecified atom stereocenters. The Balaban J connectivity index is 1.88. The molecule has 0 aliphatic carbocycles. The Labute approximate surface area is 177 Å². The molecule has 0 aliphatic rings. The predicted molar refractivity (Wildman–Crippen MR) is 110 cm³/mol. The first kappa shape index (κ1) is 23.4. The van der Waals surface area contributed by atoms with Gasteiger partial charge in [-0.1, -0.05) is 29.2 Å². The zero-order valence-corrected chi connectivity index (χ0v) is 18.7. The van der Waals surface area contributed by atoms with Gasteiger partial charge in [-0.2, -0.15) is 0 Å². The van der Waals surface area contributed by atoms with Gasteiger partial charge in [0.05, 0.1) is 10.2 Å². The minimum atomic E-state index is -3.16. The molecular formula is C18H24BrFN4O4S. The minimum absolute atomic E-state index is 0.130. The number of hydrogen-bond donors (Lipinski definition) is 1. The van der Waals surface area contributed by atoms with Gasteiger partial charge in [0.25, 0.3) is 0 Å². The van der Waals surface area contributed by atoms with Crippen molar-refractivity contribution in [3.63, 3.8) is 0 Å². The second-order valence-electron chi connectivity index (χ2n) is 6.79. The highest BCUT2D eigenvalue weighted by Gasteiger charge is 2.18. The van der Waals surface area contributed by atoms with Gasteiger partial charge in [0.2, 0.25) is 10.0 Å². The van der Waals surface area contributed by atoms with Crippen LogP contribution in [0, 0.1) is 5.82 Å². The van der Waals surface area contributed by atoms with Gasteiger partial charge in [0, 0.05) is 20.5 Å². The molecule has 0 spiro atoms. The van der Waals surface area contributed by atoms with E-state index in [0.717, 1.165) is 24.8 Å². The van der Waals surface area contributed by atoms with Crippen molar-refractivity contribution in [1.82, 2.24) is 14.6 Å². The topological polar surface area (TPSA) is 109 Å². The quantitative estimate of drug-likeness (QED) is 0.223. The molecule has 0 atom stereocenters. The van der Waals surface area contributed by atoms with Crippen LogP contribution in [-0.2, 0) is 22.9 Å². The van der Waals surface area contributed by atoms with Gasteiger partial charge in [-0.15, -0.1) is 0 Å². The summed E-state index contributed by atoms with van der Waals surface area (Å²) in [5.74, 6) is -0.246. The molecule has 1 heterocycles.